The number of nitrogens with one attached hydrogen (secondary N) is 1. The van der Waals surface area contributed by atoms with Crippen molar-refractivity contribution in [2.45, 2.75) is 6.54 Å². The van der Waals surface area contributed by atoms with Crippen LogP contribution in [0.4, 0.5) is 5.95 Å². The molecule has 0 bridgehead atoms. The van der Waals surface area contributed by atoms with Gasteiger partial charge in [0.05, 0.1) is 11.6 Å². The summed E-state index contributed by atoms with van der Waals surface area (Å²) in [7, 11) is 0. The van der Waals surface area contributed by atoms with E-state index < -0.39 is 0 Å². The number of benzene rings is 1. The van der Waals surface area contributed by atoms with Crippen LogP contribution in [0.5, 0.6) is 0 Å². The summed E-state index contributed by atoms with van der Waals surface area (Å²) >= 11 is 0. The molecule has 6 heteroatoms. The number of hydrogen-bond acceptors (Lipinski definition) is 6. The van der Waals surface area contributed by atoms with E-state index in [-0.39, 0.29) is 0 Å². The Morgan fingerprint density at radius 2 is 1.88 bits per heavy atom. The molecule has 1 aromatic heterocycles. The number of nitriles is 1. The van der Waals surface area contributed by atoms with Gasteiger partial charge in [-0.2, -0.15) is 5.26 Å². The van der Waals surface area contributed by atoms with E-state index in [9.17, 15) is 0 Å². The van der Waals surface area contributed by atoms with Gasteiger partial charge in [-0.25, -0.2) is 9.97 Å². The van der Waals surface area contributed by atoms with Gasteiger partial charge in [-0.05, 0) is 23.8 Å². The van der Waals surface area contributed by atoms with Crippen LogP contribution in [0.25, 0.3) is 0 Å². The Balaban J connectivity index is 1.36. The molecule has 1 saturated heterocycles. The summed E-state index contributed by atoms with van der Waals surface area (Å²) in [6, 6.07) is 11.8. The molecular weight excluding hydrogens is 300 g/mol. The maximum atomic E-state index is 8.92. The molecule has 1 N–H and O–H groups in total. The first-order valence-corrected chi connectivity index (χ1v) is 8.29. The van der Waals surface area contributed by atoms with Gasteiger partial charge in [0.2, 0.25) is 5.95 Å². The zero-order valence-electron chi connectivity index (χ0n) is 13.7. The second kappa shape index (κ2) is 8.39. The molecule has 24 heavy (non-hydrogen) atoms. The number of piperazine rings is 1. The molecule has 0 atom stereocenters. The number of rotatable bonds is 6. The van der Waals surface area contributed by atoms with E-state index in [0.717, 1.165) is 57.3 Å². The lowest BCUT2D eigenvalue weighted by Crippen LogP contribution is -2.48. The first-order chi connectivity index (χ1) is 11.8. The Bertz CT molecular complexity index is 673. The summed E-state index contributed by atoms with van der Waals surface area (Å²) < 4.78 is 0. The molecule has 1 fully saturated rings. The van der Waals surface area contributed by atoms with Crippen molar-refractivity contribution in [2.24, 2.45) is 0 Å². The third-order valence-electron chi connectivity index (χ3n) is 4.20. The molecule has 0 saturated carbocycles. The van der Waals surface area contributed by atoms with Crippen LogP contribution in [0.3, 0.4) is 0 Å². The van der Waals surface area contributed by atoms with Crippen LogP contribution in [0.15, 0.2) is 42.7 Å². The highest BCUT2D eigenvalue weighted by molar-refractivity contribution is 5.32. The van der Waals surface area contributed by atoms with Crippen molar-refractivity contribution in [2.75, 3.05) is 44.2 Å². The average Bonchev–Trinajstić information content (AvgIpc) is 2.67. The Morgan fingerprint density at radius 3 is 2.62 bits per heavy atom. The lowest BCUT2D eigenvalue weighted by atomic mass is 10.1. The summed E-state index contributed by atoms with van der Waals surface area (Å²) in [6.07, 6.45) is 3.58. The summed E-state index contributed by atoms with van der Waals surface area (Å²) in [5.41, 5.74) is 1.87. The van der Waals surface area contributed by atoms with Crippen molar-refractivity contribution in [3.05, 3.63) is 53.9 Å². The highest BCUT2D eigenvalue weighted by Crippen LogP contribution is 2.09. The molecule has 0 amide bonds. The smallest absolute Gasteiger partial charge is 0.225 e. The minimum absolute atomic E-state index is 0.716. The number of nitrogens with zero attached hydrogens (tertiary/aromatic N) is 5. The van der Waals surface area contributed by atoms with Crippen LogP contribution in [0.2, 0.25) is 0 Å². The van der Waals surface area contributed by atoms with E-state index in [2.05, 4.69) is 31.2 Å². The van der Waals surface area contributed by atoms with Gasteiger partial charge >= 0.3 is 0 Å². The highest BCUT2D eigenvalue weighted by Gasteiger charge is 2.17. The molecule has 1 aliphatic rings. The molecule has 0 aliphatic carbocycles. The first-order valence-electron chi connectivity index (χ1n) is 8.29. The van der Waals surface area contributed by atoms with Crippen LogP contribution in [0, 0.1) is 11.3 Å². The molecule has 6 nitrogen and oxygen atoms in total. The van der Waals surface area contributed by atoms with Gasteiger partial charge in [0.15, 0.2) is 0 Å². The van der Waals surface area contributed by atoms with E-state index in [0.29, 0.717) is 5.56 Å². The minimum atomic E-state index is 0.716. The summed E-state index contributed by atoms with van der Waals surface area (Å²) in [6.45, 7) is 6.77. The second-order valence-electron chi connectivity index (χ2n) is 5.87. The van der Waals surface area contributed by atoms with Crippen LogP contribution >= 0.6 is 0 Å². The molecule has 3 rings (SSSR count). The van der Waals surface area contributed by atoms with E-state index in [4.69, 9.17) is 5.26 Å². The van der Waals surface area contributed by atoms with Crippen molar-refractivity contribution in [1.29, 1.82) is 5.26 Å². The fourth-order valence-corrected chi connectivity index (χ4v) is 2.85. The van der Waals surface area contributed by atoms with E-state index in [1.807, 2.05) is 30.3 Å². The molecule has 124 valence electrons. The van der Waals surface area contributed by atoms with Gasteiger partial charge in [0, 0.05) is 58.2 Å². The van der Waals surface area contributed by atoms with Crippen molar-refractivity contribution < 1.29 is 0 Å². The third kappa shape index (κ3) is 4.51. The molecule has 2 aromatic rings. The van der Waals surface area contributed by atoms with E-state index in [1.165, 1.54) is 0 Å². The SMILES string of the molecule is N#Cc1cccc(CNCCN2CCN(c3ncccn3)CC2)c1. The van der Waals surface area contributed by atoms with Gasteiger partial charge in [-0.15, -0.1) is 0 Å². The number of aromatic nitrogens is 2. The zero-order chi connectivity index (χ0) is 16.6. The molecular formula is C18H22N6. The molecule has 2 heterocycles. The Hall–Kier alpha value is -2.49. The van der Waals surface area contributed by atoms with E-state index >= 15 is 0 Å². The molecule has 0 radical (unpaired) electrons. The molecule has 1 aliphatic heterocycles. The van der Waals surface area contributed by atoms with Crippen molar-refractivity contribution >= 4 is 5.95 Å². The van der Waals surface area contributed by atoms with Crippen LogP contribution in [0.1, 0.15) is 11.1 Å². The minimum Gasteiger partial charge on any atom is -0.338 e. The predicted molar refractivity (Wildman–Crippen MR) is 93.5 cm³/mol. The van der Waals surface area contributed by atoms with Gasteiger partial charge in [0.1, 0.15) is 0 Å². The summed E-state index contributed by atoms with van der Waals surface area (Å²) in [5, 5.41) is 12.4. The van der Waals surface area contributed by atoms with Crippen LogP contribution < -0.4 is 10.2 Å². The number of hydrogen-bond donors (Lipinski definition) is 1. The Morgan fingerprint density at radius 1 is 1.08 bits per heavy atom. The van der Waals surface area contributed by atoms with Crippen LogP contribution in [-0.2, 0) is 6.54 Å². The molecule has 1 aromatic carbocycles. The molecule has 0 spiro atoms. The van der Waals surface area contributed by atoms with Crippen molar-refractivity contribution in [3.63, 3.8) is 0 Å². The van der Waals surface area contributed by atoms with Gasteiger partial charge < -0.3 is 10.2 Å². The van der Waals surface area contributed by atoms with Gasteiger partial charge in [-0.1, -0.05) is 12.1 Å². The fourth-order valence-electron chi connectivity index (χ4n) is 2.85. The topological polar surface area (TPSA) is 68.1 Å². The Labute approximate surface area is 142 Å². The van der Waals surface area contributed by atoms with Gasteiger partial charge in [-0.3, -0.25) is 4.90 Å². The maximum absolute atomic E-state index is 8.92. The van der Waals surface area contributed by atoms with E-state index in [1.54, 1.807) is 12.4 Å². The van der Waals surface area contributed by atoms with Crippen LogP contribution in [-0.4, -0.2) is 54.1 Å². The third-order valence-corrected chi connectivity index (χ3v) is 4.20. The van der Waals surface area contributed by atoms with Crippen molar-refractivity contribution in [3.8, 4) is 6.07 Å². The highest BCUT2D eigenvalue weighted by atomic mass is 15.3. The first kappa shape index (κ1) is 16.4. The lowest BCUT2D eigenvalue weighted by Gasteiger charge is -2.34. The largest absolute Gasteiger partial charge is 0.338 e. The monoisotopic (exact) mass is 322 g/mol. The second-order valence-corrected chi connectivity index (χ2v) is 5.87. The average molecular weight is 322 g/mol. The summed E-state index contributed by atoms with van der Waals surface area (Å²) in [4.78, 5) is 13.3. The normalized spacial score (nSPS) is 15.2. The number of anilines is 1. The standard InChI is InChI=1S/C18H22N6/c19-14-16-3-1-4-17(13-16)15-20-7-8-23-9-11-24(12-10-23)18-21-5-2-6-22-18/h1-6,13,20H,7-12,15H2. The van der Waals surface area contributed by atoms with Crippen molar-refractivity contribution in [1.82, 2.24) is 20.2 Å². The Kier molecular flexibility index (Phi) is 5.72. The summed E-state index contributed by atoms with van der Waals surface area (Å²) in [5.74, 6) is 0.827. The predicted octanol–water partition coefficient (Wildman–Crippen LogP) is 1.26. The fraction of sp³-hybridized carbons (Fsp3) is 0.389. The zero-order valence-corrected chi connectivity index (χ0v) is 13.7. The maximum Gasteiger partial charge on any atom is 0.225 e. The quantitative estimate of drug-likeness (QED) is 0.808. The molecule has 0 unspecified atom stereocenters. The lowest BCUT2D eigenvalue weighted by molar-refractivity contribution is 0.256. The van der Waals surface area contributed by atoms with Gasteiger partial charge in [0.25, 0.3) is 0 Å².